The Kier molecular flexibility index (Phi) is 3.96. The first-order valence-electron chi connectivity index (χ1n) is 4.38. The zero-order valence-electron chi connectivity index (χ0n) is 8.01. The van der Waals surface area contributed by atoms with E-state index in [2.05, 4.69) is 14.9 Å². The van der Waals surface area contributed by atoms with E-state index in [1.165, 1.54) is 11.9 Å². The first-order chi connectivity index (χ1) is 6.70. The van der Waals surface area contributed by atoms with Crippen LogP contribution in [0.25, 0.3) is 0 Å². The Hall–Kier alpha value is -1.53. The van der Waals surface area contributed by atoms with Gasteiger partial charge in [-0.2, -0.15) is 0 Å². The Morgan fingerprint density at radius 3 is 2.79 bits per heavy atom. The zero-order chi connectivity index (χ0) is 10.4. The van der Waals surface area contributed by atoms with Crippen molar-refractivity contribution in [3.63, 3.8) is 0 Å². The van der Waals surface area contributed by atoms with Gasteiger partial charge in [-0.3, -0.25) is 4.79 Å². The summed E-state index contributed by atoms with van der Waals surface area (Å²) >= 11 is 0. The van der Waals surface area contributed by atoms with E-state index in [0.717, 1.165) is 12.8 Å². The lowest BCUT2D eigenvalue weighted by Gasteiger charge is -2.09. The zero-order valence-corrected chi connectivity index (χ0v) is 8.01. The average Bonchev–Trinajstić information content (AvgIpc) is 2.64. The van der Waals surface area contributed by atoms with Crippen LogP contribution in [0.15, 0.2) is 5.28 Å². The van der Waals surface area contributed by atoms with Crippen molar-refractivity contribution in [2.24, 2.45) is 5.28 Å². The van der Waals surface area contributed by atoms with Crippen molar-refractivity contribution < 1.29 is 19.3 Å². The fourth-order valence-corrected chi connectivity index (χ4v) is 1.11. The van der Waals surface area contributed by atoms with Gasteiger partial charge in [0.2, 0.25) is 5.28 Å². The summed E-state index contributed by atoms with van der Waals surface area (Å²) in [5.41, 5.74) is 0. The van der Waals surface area contributed by atoms with Crippen LogP contribution in [-0.4, -0.2) is 35.8 Å². The lowest BCUT2D eigenvalue weighted by atomic mass is 10.4. The maximum absolute atomic E-state index is 11.1. The highest BCUT2D eigenvalue weighted by atomic mass is 16.8. The van der Waals surface area contributed by atoms with E-state index in [9.17, 15) is 10.0 Å². The van der Waals surface area contributed by atoms with Crippen molar-refractivity contribution in [3.05, 3.63) is 5.21 Å². The van der Waals surface area contributed by atoms with Crippen LogP contribution >= 0.6 is 0 Å². The van der Waals surface area contributed by atoms with Crippen molar-refractivity contribution in [1.82, 2.24) is 5.01 Å². The number of nitrogens with zero attached hydrogens (tertiary/aromatic N) is 3. The molecule has 7 heteroatoms. The van der Waals surface area contributed by atoms with Gasteiger partial charge >= 0.3 is 5.97 Å². The molecule has 1 aliphatic heterocycles. The molecule has 0 radical (unpaired) electrons. The smallest absolute Gasteiger partial charge is 0.305 e. The highest BCUT2D eigenvalue weighted by Crippen LogP contribution is 2.07. The first-order valence-corrected chi connectivity index (χ1v) is 4.38. The van der Waals surface area contributed by atoms with Crippen LogP contribution in [-0.2, 0) is 14.4 Å². The van der Waals surface area contributed by atoms with Crippen molar-refractivity contribution in [1.29, 1.82) is 0 Å². The largest absolute Gasteiger partial charge is 0.569 e. The van der Waals surface area contributed by atoms with E-state index in [1.807, 2.05) is 0 Å². The molecule has 7 nitrogen and oxygen atoms in total. The Bertz CT molecular complexity index is 225. The highest BCUT2D eigenvalue weighted by molar-refractivity contribution is 5.65. The molecule has 0 aromatic carbocycles. The molecular formula is C7H13N3O4. The average molecular weight is 203 g/mol. The maximum atomic E-state index is 11.1. The fourth-order valence-electron chi connectivity index (χ4n) is 1.11. The van der Waals surface area contributed by atoms with Crippen LogP contribution in [0.4, 0.5) is 0 Å². The lowest BCUT2D eigenvalue weighted by molar-refractivity contribution is -0.708. The molecule has 0 N–H and O–H groups in total. The number of ether oxygens (including phenoxy) is 1. The van der Waals surface area contributed by atoms with E-state index in [4.69, 9.17) is 0 Å². The topological polar surface area (TPSA) is 77.2 Å². The number of hydrogen-bond acceptors (Lipinski definition) is 5. The van der Waals surface area contributed by atoms with Crippen LogP contribution in [0.3, 0.4) is 0 Å². The van der Waals surface area contributed by atoms with Gasteiger partial charge in [0.25, 0.3) is 6.79 Å². The molecule has 0 atom stereocenters. The molecule has 0 saturated carbocycles. The molecule has 0 aromatic heterocycles. The van der Waals surface area contributed by atoms with Crippen LogP contribution in [0.2, 0.25) is 0 Å². The molecule has 0 unspecified atom stereocenters. The summed E-state index contributed by atoms with van der Waals surface area (Å²) in [6.07, 6.45) is 1.97. The van der Waals surface area contributed by atoms with Gasteiger partial charge in [-0.15, -0.1) is 5.01 Å². The Balaban J connectivity index is 2.18. The van der Waals surface area contributed by atoms with E-state index in [-0.39, 0.29) is 6.79 Å². The van der Waals surface area contributed by atoms with Gasteiger partial charge in [0, 0.05) is 6.92 Å². The number of esters is 1. The lowest BCUT2D eigenvalue weighted by Crippen LogP contribution is -2.27. The van der Waals surface area contributed by atoms with Gasteiger partial charge in [-0.1, -0.05) is 0 Å². The molecule has 0 aromatic rings. The van der Waals surface area contributed by atoms with E-state index >= 15 is 0 Å². The summed E-state index contributed by atoms with van der Waals surface area (Å²) < 4.78 is 4.42. The summed E-state index contributed by atoms with van der Waals surface area (Å²) in [6.45, 7) is 2.29. The van der Waals surface area contributed by atoms with Crippen LogP contribution in [0.1, 0.15) is 19.8 Å². The molecule has 1 aliphatic rings. The van der Waals surface area contributed by atoms with E-state index in [0.29, 0.717) is 18.1 Å². The minimum absolute atomic E-state index is 0.331. The van der Waals surface area contributed by atoms with Gasteiger partial charge in [-0.05, 0) is 12.8 Å². The highest BCUT2D eigenvalue weighted by Gasteiger charge is 2.18. The summed E-state index contributed by atoms with van der Waals surface area (Å²) in [5, 5.41) is 15.8. The third kappa shape index (κ3) is 3.46. The van der Waals surface area contributed by atoms with Crippen LogP contribution in [0, 0.1) is 5.21 Å². The summed E-state index contributed by atoms with van der Waals surface area (Å²) in [4.78, 5) is 15.2. The van der Waals surface area contributed by atoms with Gasteiger partial charge in [0.15, 0.2) is 0 Å². The fraction of sp³-hybridized carbons (Fsp3) is 0.857. The van der Waals surface area contributed by atoms with E-state index < -0.39 is 5.97 Å². The Morgan fingerprint density at radius 2 is 2.21 bits per heavy atom. The molecule has 0 amide bonds. The monoisotopic (exact) mass is 203 g/mol. The molecule has 0 aliphatic carbocycles. The van der Waals surface area contributed by atoms with Crippen molar-refractivity contribution in [2.75, 3.05) is 19.9 Å². The molecule has 0 spiro atoms. The summed E-state index contributed by atoms with van der Waals surface area (Å²) in [7, 11) is 0. The van der Waals surface area contributed by atoms with Crippen LogP contribution < -0.4 is 0 Å². The summed E-state index contributed by atoms with van der Waals surface area (Å²) in [5.74, 6) is -0.473. The number of rotatable bonds is 4. The van der Waals surface area contributed by atoms with Crippen molar-refractivity contribution >= 4 is 5.97 Å². The number of carbonyl (C=O) groups is 1. The standard InChI is InChI=1S/C7H13N3O4/c1-7(11)13-6-14-8-10(12)9-4-2-3-5-9/h2-6H2,1H3/b10-8-. The molecule has 14 heavy (non-hydrogen) atoms. The van der Waals surface area contributed by atoms with Gasteiger partial charge in [0.1, 0.15) is 0 Å². The maximum Gasteiger partial charge on any atom is 0.305 e. The Morgan fingerprint density at radius 1 is 1.57 bits per heavy atom. The van der Waals surface area contributed by atoms with Crippen molar-refractivity contribution in [3.8, 4) is 0 Å². The molecule has 1 fully saturated rings. The molecular weight excluding hydrogens is 190 g/mol. The van der Waals surface area contributed by atoms with Gasteiger partial charge in [0.05, 0.1) is 18.1 Å². The quantitative estimate of drug-likeness (QED) is 0.165. The second-order valence-electron chi connectivity index (χ2n) is 2.88. The summed E-state index contributed by atoms with van der Waals surface area (Å²) in [6, 6.07) is 0. The normalized spacial score (nSPS) is 16.9. The second kappa shape index (κ2) is 5.25. The van der Waals surface area contributed by atoms with Gasteiger partial charge < -0.3 is 14.8 Å². The third-order valence-electron chi connectivity index (χ3n) is 1.77. The minimum atomic E-state index is -0.473. The Labute approximate surface area is 81.4 Å². The molecule has 1 heterocycles. The molecule has 80 valence electrons. The predicted octanol–water partition coefficient (Wildman–Crippen LogP) is 0.412. The first kappa shape index (κ1) is 10.6. The number of hydrazine groups is 1. The van der Waals surface area contributed by atoms with Crippen molar-refractivity contribution in [2.45, 2.75) is 19.8 Å². The van der Waals surface area contributed by atoms with Gasteiger partial charge in [-0.25, -0.2) is 0 Å². The molecule has 1 rings (SSSR count). The second-order valence-corrected chi connectivity index (χ2v) is 2.88. The molecule has 1 saturated heterocycles. The third-order valence-corrected chi connectivity index (χ3v) is 1.77. The minimum Gasteiger partial charge on any atom is -0.569 e. The van der Waals surface area contributed by atoms with Crippen LogP contribution in [0.5, 0.6) is 0 Å². The number of carbonyl (C=O) groups excluding carboxylic acids is 1. The van der Waals surface area contributed by atoms with E-state index in [1.54, 1.807) is 0 Å². The SMILES string of the molecule is CC(=O)OCO/N=[N+](\[O-])N1CCCC1. The number of hydrogen-bond donors (Lipinski definition) is 0. The molecule has 0 bridgehead atoms. The predicted molar refractivity (Wildman–Crippen MR) is 44.6 cm³/mol.